The molecule has 1 aliphatic carbocycles. The average molecular weight is 389 g/mol. The van der Waals surface area contributed by atoms with E-state index in [1.807, 2.05) is 48.5 Å². The quantitative estimate of drug-likeness (QED) is 0.700. The first kappa shape index (κ1) is 17.9. The lowest BCUT2D eigenvalue weighted by molar-refractivity contribution is 0.0952. The summed E-state index contributed by atoms with van der Waals surface area (Å²) in [5, 5.41) is 3.83. The first-order chi connectivity index (χ1) is 14.2. The number of hydrogen-bond donors (Lipinski definition) is 2. The molecule has 1 amide bonds. The second kappa shape index (κ2) is 7.37. The fourth-order valence-corrected chi connectivity index (χ4v) is 3.71. The van der Waals surface area contributed by atoms with Crippen molar-refractivity contribution < 1.29 is 14.3 Å². The molecule has 2 aliphatic rings. The third-order valence-electron chi connectivity index (χ3n) is 5.52. The van der Waals surface area contributed by atoms with Crippen molar-refractivity contribution in [2.75, 3.05) is 19.8 Å². The smallest absolute Gasteiger partial charge is 0.252 e. The molecule has 3 aromatic rings. The molecule has 2 aromatic carbocycles. The Balaban J connectivity index is 1.50. The van der Waals surface area contributed by atoms with Gasteiger partial charge in [-0.2, -0.15) is 0 Å². The molecule has 0 radical (unpaired) electrons. The van der Waals surface area contributed by atoms with Crippen LogP contribution in [0.25, 0.3) is 22.2 Å². The van der Waals surface area contributed by atoms with E-state index >= 15 is 0 Å². The van der Waals surface area contributed by atoms with Gasteiger partial charge in [0.25, 0.3) is 5.91 Å². The number of amides is 1. The van der Waals surface area contributed by atoms with Gasteiger partial charge in [0.1, 0.15) is 13.2 Å². The van der Waals surface area contributed by atoms with E-state index in [-0.39, 0.29) is 11.9 Å². The molecule has 0 saturated heterocycles. The summed E-state index contributed by atoms with van der Waals surface area (Å²) in [6, 6.07) is 15.3. The number of benzene rings is 2. The molecule has 29 heavy (non-hydrogen) atoms. The Kier molecular flexibility index (Phi) is 4.56. The Morgan fingerprint density at radius 3 is 2.72 bits per heavy atom. The standard InChI is InChI=1S/C23H23N3O3/c24-18(14-5-6-14)13-25-23(27)17-12-20(26-19-4-2-1-3-16(17)19)15-7-8-21-22(11-15)29-10-9-28-21/h1-4,7-8,11-12,14,18H,5-6,9-10,13,24H2,(H,25,27). The highest BCUT2D eigenvalue weighted by Gasteiger charge is 2.28. The van der Waals surface area contributed by atoms with Crippen LogP contribution < -0.4 is 20.5 Å². The molecule has 6 nitrogen and oxygen atoms in total. The van der Waals surface area contributed by atoms with Crippen LogP contribution in [0.5, 0.6) is 11.5 Å². The first-order valence-corrected chi connectivity index (χ1v) is 10.0. The van der Waals surface area contributed by atoms with Crippen LogP contribution in [0.3, 0.4) is 0 Å². The molecule has 0 bridgehead atoms. The van der Waals surface area contributed by atoms with Crippen molar-refractivity contribution >= 4 is 16.8 Å². The maximum Gasteiger partial charge on any atom is 0.252 e. The number of pyridine rings is 1. The molecular weight excluding hydrogens is 366 g/mol. The maximum atomic E-state index is 13.0. The van der Waals surface area contributed by atoms with Crippen LogP contribution in [0.2, 0.25) is 0 Å². The van der Waals surface area contributed by atoms with Crippen molar-refractivity contribution in [1.29, 1.82) is 0 Å². The zero-order valence-electron chi connectivity index (χ0n) is 16.1. The zero-order chi connectivity index (χ0) is 19.8. The average Bonchev–Trinajstić information content (AvgIpc) is 3.61. The number of nitrogens with two attached hydrogens (primary N) is 1. The number of fused-ring (bicyclic) bond motifs is 2. The fourth-order valence-electron chi connectivity index (χ4n) is 3.71. The first-order valence-electron chi connectivity index (χ1n) is 10.0. The van der Waals surface area contributed by atoms with Gasteiger partial charge in [-0.1, -0.05) is 18.2 Å². The van der Waals surface area contributed by atoms with Crippen molar-refractivity contribution in [3.8, 4) is 22.8 Å². The monoisotopic (exact) mass is 389 g/mol. The summed E-state index contributed by atoms with van der Waals surface area (Å²) in [5.74, 6) is 1.84. The molecule has 5 rings (SSSR count). The molecule has 1 atom stereocenters. The largest absolute Gasteiger partial charge is 0.486 e. The second-order valence-electron chi connectivity index (χ2n) is 7.64. The topological polar surface area (TPSA) is 86.5 Å². The second-order valence-corrected chi connectivity index (χ2v) is 7.64. The number of nitrogens with zero attached hydrogens (tertiary/aromatic N) is 1. The summed E-state index contributed by atoms with van der Waals surface area (Å²) in [5.41, 5.74) is 9.12. The van der Waals surface area contributed by atoms with Gasteiger partial charge in [-0.15, -0.1) is 0 Å². The van der Waals surface area contributed by atoms with Crippen LogP contribution in [0, 0.1) is 5.92 Å². The van der Waals surface area contributed by atoms with Crippen LogP contribution in [0.15, 0.2) is 48.5 Å². The van der Waals surface area contributed by atoms with Crippen molar-refractivity contribution in [3.05, 3.63) is 54.1 Å². The Hall–Kier alpha value is -3.12. The summed E-state index contributed by atoms with van der Waals surface area (Å²) < 4.78 is 11.3. The van der Waals surface area contributed by atoms with E-state index in [9.17, 15) is 4.79 Å². The lowest BCUT2D eigenvalue weighted by atomic mass is 10.0. The van der Waals surface area contributed by atoms with Gasteiger partial charge in [-0.05, 0) is 49.1 Å². The molecule has 1 saturated carbocycles. The highest BCUT2D eigenvalue weighted by atomic mass is 16.6. The van der Waals surface area contributed by atoms with Crippen molar-refractivity contribution in [3.63, 3.8) is 0 Å². The van der Waals surface area contributed by atoms with Gasteiger partial charge in [-0.3, -0.25) is 4.79 Å². The Bertz CT molecular complexity index is 1080. The summed E-state index contributed by atoms with van der Waals surface area (Å²) >= 11 is 0. The van der Waals surface area contributed by atoms with Crippen LogP contribution >= 0.6 is 0 Å². The van der Waals surface area contributed by atoms with E-state index in [4.69, 9.17) is 20.2 Å². The normalized spacial score (nSPS) is 16.4. The molecule has 1 fully saturated rings. The zero-order valence-corrected chi connectivity index (χ0v) is 16.1. The third-order valence-corrected chi connectivity index (χ3v) is 5.52. The molecule has 148 valence electrons. The predicted molar refractivity (Wildman–Crippen MR) is 111 cm³/mol. The van der Waals surface area contributed by atoms with Crippen molar-refractivity contribution in [1.82, 2.24) is 10.3 Å². The number of carbonyl (C=O) groups is 1. The van der Waals surface area contributed by atoms with E-state index in [0.29, 0.717) is 37.0 Å². The van der Waals surface area contributed by atoms with E-state index < -0.39 is 0 Å². The van der Waals surface area contributed by atoms with Crippen LogP contribution in [0.1, 0.15) is 23.2 Å². The van der Waals surface area contributed by atoms with Gasteiger partial charge in [0, 0.05) is 23.5 Å². The molecule has 1 aliphatic heterocycles. The molecule has 6 heteroatoms. The molecule has 0 spiro atoms. The van der Waals surface area contributed by atoms with Crippen molar-refractivity contribution in [2.45, 2.75) is 18.9 Å². The van der Waals surface area contributed by atoms with E-state index in [0.717, 1.165) is 40.8 Å². The number of ether oxygens (including phenoxy) is 2. The molecule has 3 N–H and O–H groups in total. The van der Waals surface area contributed by atoms with Gasteiger partial charge in [0.15, 0.2) is 11.5 Å². The van der Waals surface area contributed by atoms with Gasteiger partial charge in [-0.25, -0.2) is 4.98 Å². The molecular formula is C23H23N3O3. The van der Waals surface area contributed by atoms with Gasteiger partial charge in [0.05, 0.1) is 16.8 Å². The van der Waals surface area contributed by atoms with Gasteiger partial charge in [0.2, 0.25) is 0 Å². The van der Waals surface area contributed by atoms with Crippen LogP contribution in [0.4, 0.5) is 0 Å². The third kappa shape index (κ3) is 3.63. The summed E-state index contributed by atoms with van der Waals surface area (Å²) in [7, 11) is 0. The van der Waals surface area contributed by atoms with Crippen molar-refractivity contribution in [2.24, 2.45) is 11.7 Å². The highest BCUT2D eigenvalue weighted by Crippen LogP contribution is 2.35. The lowest BCUT2D eigenvalue weighted by Crippen LogP contribution is -2.38. The minimum atomic E-state index is -0.126. The Morgan fingerprint density at radius 1 is 1.10 bits per heavy atom. The number of para-hydroxylation sites is 1. The minimum absolute atomic E-state index is 0.0179. The highest BCUT2D eigenvalue weighted by molar-refractivity contribution is 6.07. The summed E-state index contributed by atoms with van der Waals surface area (Å²) in [4.78, 5) is 17.8. The molecule has 1 unspecified atom stereocenters. The number of carbonyl (C=O) groups excluding carboxylic acids is 1. The van der Waals surface area contributed by atoms with Gasteiger partial charge < -0.3 is 20.5 Å². The number of nitrogens with one attached hydrogen (secondary N) is 1. The minimum Gasteiger partial charge on any atom is -0.486 e. The number of hydrogen-bond acceptors (Lipinski definition) is 5. The molecule has 2 heterocycles. The Morgan fingerprint density at radius 2 is 1.90 bits per heavy atom. The lowest BCUT2D eigenvalue weighted by Gasteiger charge is -2.19. The van der Waals surface area contributed by atoms with E-state index in [2.05, 4.69) is 5.32 Å². The number of aromatic nitrogens is 1. The SMILES string of the molecule is NC(CNC(=O)c1cc(-c2ccc3c(c2)OCCO3)nc2ccccc12)C1CC1. The predicted octanol–water partition coefficient (Wildman–Crippen LogP) is 3.14. The number of rotatable bonds is 5. The summed E-state index contributed by atoms with van der Waals surface area (Å²) in [6.07, 6.45) is 2.31. The Labute approximate surface area is 169 Å². The van der Waals surface area contributed by atoms with Crippen LogP contribution in [-0.4, -0.2) is 36.7 Å². The van der Waals surface area contributed by atoms with E-state index in [1.54, 1.807) is 0 Å². The van der Waals surface area contributed by atoms with Crippen LogP contribution in [-0.2, 0) is 0 Å². The van der Waals surface area contributed by atoms with Gasteiger partial charge >= 0.3 is 0 Å². The van der Waals surface area contributed by atoms with E-state index in [1.165, 1.54) is 0 Å². The summed E-state index contributed by atoms with van der Waals surface area (Å²) in [6.45, 7) is 1.56. The maximum absolute atomic E-state index is 13.0. The fraction of sp³-hybridized carbons (Fsp3) is 0.304. The molecule has 1 aromatic heterocycles.